The van der Waals surface area contributed by atoms with Crippen LogP contribution in [0.15, 0.2) is 30.6 Å². The van der Waals surface area contributed by atoms with Crippen LogP contribution in [0.4, 0.5) is 0 Å². The first-order valence-electron chi connectivity index (χ1n) is 5.03. The first-order chi connectivity index (χ1) is 7.16. The topological polar surface area (TPSA) is 25.8 Å². The summed E-state index contributed by atoms with van der Waals surface area (Å²) in [6.07, 6.45) is 3.72. The second-order valence-corrected chi connectivity index (χ2v) is 3.87. The minimum Gasteiger partial charge on any atom is -0.255 e. The Kier molecular flexibility index (Phi) is 2.50. The Morgan fingerprint density at radius 3 is 2.27 bits per heavy atom. The van der Waals surface area contributed by atoms with E-state index in [1.807, 2.05) is 18.5 Å². The van der Waals surface area contributed by atoms with Gasteiger partial charge in [-0.2, -0.15) is 0 Å². The monoisotopic (exact) mass is 198 g/mol. The molecule has 0 fully saturated rings. The standard InChI is InChI=1S/C13H14N2/c1-9-4-5-14-12(6-9)13-7-10(2)11(3)8-15-13/h4-8H,1-3H3. The van der Waals surface area contributed by atoms with Crippen molar-refractivity contribution in [3.63, 3.8) is 0 Å². The van der Waals surface area contributed by atoms with Crippen molar-refractivity contribution in [2.24, 2.45) is 0 Å². The fourth-order valence-electron chi connectivity index (χ4n) is 1.44. The third-order valence-electron chi connectivity index (χ3n) is 2.55. The number of pyridine rings is 2. The highest BCUT2D eigenvalue weighted by Gasteiger charge is 2.02. The Labute approximate surface area is 90.0 Å². The van der Waals surface area contributed by atoms with Gasteiger partial charge in [0.1, 0.15) is 0 Å². The molecule has 0 N–H and O–H groups in total. The van der Waals surface area contributed by atoms with Crippen molar-refractivity contribution >= 4 is 0 Å². The number of nitrogens with zero attached hydrogens (tertiary/aromatic N) is 2. The quantitative estimate of drug-likeness (QED) is 0.703. The fraction of sp³-hybridized carbons (Fsp3) is 0.231. The largest absolute Gasteiger partial charge is 0.255 e. The molecule has 2 nitrogen and oxygen atoms in total. The van der Waals surface area contributed by atoms with Crippen molar-refractivity contribution in [3.8, 4) is 11.4 Å². The lowest BCUT2D eigenvalue weighted by Crippen LogP contribution is -1.90. The van der Waals surface area contributed by atoms with Crippen molar-refractivity contribution in [1.29, 1.82) is 0 Å². The highest BCUT2D eigenvalue weighted by atomic mass is 14.8. The molecule has 0 aliphatic carbocycles. The van der Waals surface area contributed by atoms with E-state index in [0.29, 0.717) is 0 Å². The van der Waals surface area contributed by atoms with Gasteiger partial charge in [0.2, 0.25) is 0 Å². The first-order valence-corrected chi connectivity index (χ1v) is 5.03. The average molecular weight is 198 g/mol. The van der Waals surface area contributed by atoms with Crippen LogP contribution in [-0.2, 0) is 0 Å². The van der Waals surface area contributed by atoms with Crippen LogP contribution in [0.1, 0.15) is 16.7 Å². The number of hydrogen-bond acceptors (Lipinski definition) is 2. The highest BCUT2D eigenvalue weighted by molar-refractivity contribution is 5.56. The maximum Gasteiger partial charge on any atom is 0.0889 e. The number of aryl methyl sites for hydroxylation is 3. The van der Waals surface area contributed by atoms with Crippen LogP contribution in [0.2, 0.25) is 0 Å². The molecule has 15 heavy (non-hydrogen) atoms. The van der Waals surface area contributed by atoms with E-state index < -0.39 is 0 Å². The maximum atomic E-state index is 4.39. The third kappa shape index (κ3) is 2.04. The minimum absolute atomic E-state index is 0.943. The molecule has 0 saturated heterocycles. The molecular formula is C13H14N2. The second kappa shape index (κ2) is 3.81. The number of aromatic nitrogens is 2. The molecule has 2 heterocycles. The average Bonchev–Trinajstić information content (AvgIpc) is 2.22. The summed E-state index contributed by atoms with van der Waals surface area (Å²) in [6, 6.07) is 6.12. The van der Waals surface area contributed by atoms with E-state index in [1.54, 1.807) is 0 Å². The van der Waals surface area contributed by atoms with Gasteiger partial charge in [0.15, 0.2) is 0 Å². The van der Waals surface area contributed by atoms with Crippen LogP contribution in [0, 0.1) is 20.8 Å². The number of hydrogen-bond donors (Lipinski definition) is 0. The molecule has 0 atom stereocenters. The minimum atomic E-state index is 0.943. The molecule has 0 aliphatic rings. The summed E-state index contributed by atoms with van der Waals surface area (Å²) in [5.74, 6) is 0. The molecular weight excluding hydrogens is 184 g/mol. The van der Waals surface area contributed by atoms with Gasteiger partial charge in [0.25, 0.3) is 0 Å². The van der Waals surface area contributed by atoms with Gasteiger partial charge in [0.05, 0.1) is 11.4 Å². The molecule has 0 radical (unpaired) electrons. The van der Waals surface area contributed by atoms with E-state index in [4.69, 9.17) is 0 Å². The van der Waals surface area contributed by atoms with Gasteiger partial charge in [-0.15, -0.1) is 0 Å². The summed E-state index contributed by atoms with van der Waals surface area (Å²) in [5.41, 5.74) is 5.56. The van der Waals surface area contributed by atoms with Crippen LogP contribution in [-0.4, -0.2) is 9.97 Å². The van der Waals surface area contributed by atoms with E-state index >= 15 is 0 Å². The Hall–Kier alpha value is -1.70. The molecule has 76 valence electrons. The molecule has 0 aromatic carbocycles. The van der Waals surface area contributed by atoms with Crippen molar-refractivity contribution < 1.29 is 0 Å². The highest BCUT2D eigenvalue weighted by Crippen LogP contribution is 2.17. The summed E-state index contributed by atoms with van der Waals surface area (Å²) in [7, 11) is 0. The summed E-state index contributed by atoms with van der Waals surface area (Å²) < 4.78 is 0. The lowest BCUT2D eigenvalue weighted by atomic mass is 10.1. The van der Waals surface area contributed by atoms with Gasteiger partial charge >= 0.3 is 0 Å². The molecule has 0 amide bonds. The van der Waals surface area contributed by atoms with Crippen LogP contribution < -0.4 is 0 Å². The molecule has 2 rings (SSSR count). The zero-order valence-corrected chi connectivity index (χ0v) is 9.28. The van der Waals surface area contributed by atoms with E-state index in [9.17, 15) is 0 Å². The zero-order valence-electron chi connectivity index (χ0n) is 9.28. The van der Waals surface area contributed by atoms with Crippen molar-refractivity contribution in [1.82, 2.24) is 9.97 Å². The smallest absolute Gasteiger partial charge is 0.0889 e. The maximum absolute atomic E-state index is 4.39. The van der Waals surface area contributed by atoms with Crippen molar-refractivity contribution in [2.75, 3.05) is 0 Å². The Morgan fingerprint density at radius 1 is 0.867 bits per heavy atom. The molecule has 2 heteroatoms. The molecule has 0 saturated carbocycles. The second-order valence-electron chi connectivity index (χ2n) is 3.87. The summed E-state index contributed by atoms with van der Waals surface area (Å²) in [5, 5.41) is 0. The normalized spacial score (nSPS) is 10.3. The van der Waals surface area contributed by atoms with Crippen LogP contribution in [0.3, 0.4) is 0 Å². The fourth-order valence-corrected chi connectivity index (χ4v) is 1.44. The van der Waals surface area contributed by atoms with E-state index in [1.165, 1.54) is 16.7 Å². The molecule has 0 bridgehead atoms. The van der Waals surface area contributed by atoms with Gasteiger partial charge in [0, 0.05) is 12.4 Å². The van der Waals surface area contributed by atoms with Gasteiger partial charge in [-0.25, -0.2) is 0 Å². The van der Waals surface area contributed by atoms with Crippen LogP contribution >= 0.6 is 0 Å². The first kappa shape index (κ1) is 9.84. The van der Waals surface area contributed by atoms with Crippen LogP contribution in [0.25, 0.3) is 11.4 Å². The summed E-state index contributed by atoms with van der Waals surface area (Å²) in [6.45, 7) is 6.22. The predicted molar refractivity (Wildman–Crippen MR) is 61.7 cm³/mol. The van der Waals surface area contributed by atoms with E-state index in [0.717, 1.165) is 11.4 Å². The Morgan fingerprint density at radius 2 is 1.60 bits per heavy atom. The Bertz CT molecular complexity index is 490. The van der Waals surface area contributed by atoms with Gasteiger partial charge in [-0.05, 0) is 55.7 Å². The van der Waals surface area contributed by atoms with Crippen molar-refractivity contribution in [3.05, 3.63) is 47.3 Å². The molecule has 0 aliphatic heterocycles. The third-order valence-corrected chi connectivity index (χ3v) is 2.55. The molecule has 2 aromatic rings. The Balaban J connectivity index is 2.50. The molecule has 0 spiro atoms. The summed E-state index contributed by atoms with van der Waals surface area (Å²) in [4.78, 5) is 8.71. The van der Waals surface area contributed by atoms with E-state index in [-0.39, 0.29) is 0 Å². The predicted octanol–water partition coefficient (Wildman–Crippen LogP) is 3.07. The van der Waals surface area contributed by atoms with Crippen molar-refractivity contribution in [2.45, 2.75) is 20.8 Å². The lowest BCUT2D eigenvalue weighted by Gasteiger charge is -2.04. The van der Waals surface area contributed by atoms with Gasteiger partial charge < -0.3 is 0 Å². The number of rotatable bonds is 1. The zero-order chi connectivity index (χ0) is 10.8. The lowest BCUT2D eigenvalue weighted by molar-refractivity contribution is 1.18. The van der Waals surface area contributed by atoms with Gasteiger partial charge in [-0.3, -0.25) is 9.97 Å². The summed E-state index contributed by atoms with van der Waals surface area (Å²) >= 11 is 0. The van der Waals surface area contributed by atoms with E-state index in [2.05, 4.69) is 42.9 Å². The van der Waals surface area contributed by atoms with Crippen LogP contribution in [0.5, 0.6) is 0 Å². The van der Waals surface area contributed by atoms with Gasteiger partial charge in [-0.1, -0.05) is 0 Å². The SMILES string of the molecule is Cc1ccnc(-c2cc(C)c(C)cn2)c1. The molecule has 0 unspecified atom stereocenters. The molecule has 2 aromatic heterocycles.